The van der Waals surface area contributed by atoms with Crippen molar-refractivity contribution < 1.29 is 4.74 Å². The molecular formula is C11H12Cl2O. The van der Waals surface area contributed by atoms with Crippen LogP contribution in [0.2, 0.25) is 5.02 Å². The van der Waals surface area contributed by atoms with Gasteiger partial charge in [0.1, 0.15) is 0 Å². The number of hydrogen-bond donors (Lipinski definition) is 0. The molecule has 0 radical (unpaired) electrons. The van der Waals surface area contributed by atoms with Gasteiger partial charge in [0.05, 0.1) is 13.2 Å². The zero-order chi connectivity index (χ0) is 10.4. The Hall–Kier alpha value is -0.500. The van der Waals surface area contributed by atoms with E-state index in [1.54, 1.807) is 0 Å². The summed E-state index contributed by atoms with van der Waals surface area (Å²) in [6, 6.07) is 7.58. The Bertz CT molecular complexity index is 310. The molecule has 0 aliphatic carbocycles. The molecule has 0 aliphatic rings. The van der Waals surface area contributed by atoms with Crippen molar-refractivity contribution in [3.63, 3.8) is 0 Å². The van der Waals surface area contributed by atoms with Gasteiger partial charge in [0.15, 0.2) is 0 Å². The van der Waals surface area contributed by atoms with Gasteiger partial charge < -0.3 is 4.74 Å². The molecule has 0 atom stereocenters. The van der Waals surface area contributed by atoms with Crippen LogP contribution in [0.3, 0.4) is 0 Å². The highest BCUT2D eigenvalue weighted by molar-refractivity contribution is 6.30. The summed E-state index contributed by atoms with van der Waals surface area (Å²) in [6.45, 7) is 4.77. The molecule has 0 aromatic heterocycles. The van der Waals surface area contributed by atoms with Gasteiger partial charge in [-0.1, -0.05) is 30.3 Å². The summed E-state index contributed by atoms with van der Waals surface area (Å²) in [7, 11) is 0. The molecule has 0 heterocycles. The first kappa shape index (κ1) is 11.6. The zero-order valence-electron chi connectivity index (χ0n) is 7.80. The minimum Gasteiger partial charge on any atom is -0.372 e. The van der Waals surface area contributed by atoms with Crippen molar-refractivity contribution in [2.45, 2.75) is 6.61 Å². The fraction of sp³-hybridized carbons (Fsp3) is 0.273. The van der Waals surface area contributed by atoms with Crippen LogP contribution in [0.4, 0.5) is 0 Å². The third-order valence-corrected chi connectivity index (χ3v) is 2.27. The van der Waals surface area contributed by atoms with E-state index in [1.165, 1.54) is 0 Å². The number of rotatable bonds is 5. The lowest BCUT2D eigenvalue weighted by atomic mass is 10.2. The van der Waals surface area contributed by atoms with E-state index in [1.807, 2.05) is 24.3 Å². The standard InChI is InChI=1S/C11H12Cl2O/c1-9(6-12)7-14-8-10-3-2-4-11(13)5-10/h2-5H,1,6-8H2. The van der Waals surface area contributed by atoms with E-state index in [4.69, 9.17) is 27.9 Å². The molecule has 0 spiro atoms. The summed E-state index contributed by atoms with van der Waals surface area (Å²) < 4.78 is 5.38. The monoisotopic (exact) mass is 230 g/mol. The molecule has 0 saturated carbocycles. The molecule has 1 aromatic carbocycles. The second-order valence-corrected chi connectivity index (χ2v) is 3.71. The molecule has 0 unspecified atom stereocenters. The summed E-state index contributed by atoms with van der Waals surface area (Å²) in [5, 5.41) is 0.724. The summed E-state index contributed by atoms with van der Waals surface area (Å²) in [4.78, 5) is 0. The molecule has 0 N–H and O–H groups in total. The van der Waals surface area contributed by atoms with Crippen molar-refractivity contribution in [3.8, 4) is 0 Å². The number of ether oxygens (including phenoxy) is 1. The molecule has 1 nitrogen and oxygen atoms in total. The van der Waals surface area contributed by atoms with Crippen molar-refractivity contribution >= 4 is 23.2 Å². The smallest absolute Gasteiger partial charge is 0.0721 e. The zero-order valence-corrected chi connectivity index (χ0v) is 9.31. The molecule has 76 valence electrons. The van der Waals surface area contributed by atoms with Crippen LogP contribution >= 0.6 is 23.2 Å². The molecule has 0 amide bonds. The SMILES string of the molecule is C=C(CCl)COCc1cccc(Cl)c1. The van der Waals surface area contributed by atoms with Crippen molar-refractivity contribution in [2.75, 3.05) is 12.5 Å². The average molecular weight is 231 g/mol. The molecule has 1 rings (SSSR count). The van der Waals surface area contributed by atoms with E-state index >= 15 is 0 Å². The van der Waals surface area contributed by atoms with E-state index in [0.717, 1.165) is 16.2 Å². The average Bonchev–Trinajstić information content (AvgIpc) is 2.17. The number of halogens is 2. The fourth-order valence-corrected chi connectivity index (χ4v) is 1.27. The highest BCUT2D eigenvalue weighted by atomic mass is 35.5. The Labute approximate surface area is 94.3 Å². The van der Waals surface area contributed by atoms with Crippen LogP contribution in [0.5, 0.6) is 0 Å². The van der Waals surface area contributed by atoms with Gasteiger partial charge in [-0.05, 0) is 23.3 Å². The molecule has 14 heavy (non-hydrogen) atoms. The normalized spacial score (nSPS) is 10.1. The highest BCUT2D eigenvalue weighted by Crippen LogP contribution is 2.11. The minimum absolute atomic E-state index is 0.440. The van der Waals surface area contributed by atoms with E-state index in [0.29, 0.717) is 19.1 Å². The summed E-state index contributed by atoms with van der Waals surface area (Å²) in [6.07, 6.45) is 0. The van der Waals surface area contributed by atoms with Crippen molar-refractivity contribution in [1.82, 2.24) is 0 Å². The maximum atomic E-state index is 5.82. The fourth-order valence-electron chi connectivity index (χ4n) is 0.979. The molecule has 3 heteroatoms. The van der Waals surface area contributed by atoms with Crippen molar-refractivity contribution in [1.29, 1.82) is 0 Å². The van der Waals surface area contributed by atoms with E-state index in [2.05, 4.69) is 6.58 Å². The van der Waals surface area contributed by atoms with Crippen LogP contribution in [-0.4, -0.2) is 12.5 Å². The lowest BCUT2D eigenvalue weighted by Crippen LogP contribution is -1.98. The Morgan fingerprint density at radius 1 is 1.43 bits per heavy atom. The lowest BCUT2D eigenvalue weighted by molar-refractivity contribution is 0.143. The third-order valence-electron chi connectivity index (χ3n) is 1.65. The van der Waals surface area contributed by atoms with Crippen LogP contribution in [0.15, 0.2) is 36.4 Å². The summed E-state index contributed by atoms with van der Waals surface area (Å²) in [5.41, 5.74) is 1.94. The molecule has 0 aliphatic heterocycles. The van der Waals surface area contributed by atoms with Gasteiger partial charge in [0.2, 0.25) is 0 Å². The summed E-state index contributed by atoms with van der Waals surface area (Å²) >= 11 is 11.4. The Morgan fingerprint density at radius 3 is 2.86 bits per heavy atom. The quantitative estimate of drug-likeness (QED) is 0.555. The summed E-state index contributed by atoms with van der Waals surface area (Å²) in [5.74, 6) is 0.440. The van der Waals surface area contributed by atoms with Gasteiger partial charge in [-0.3, -0.25) is 0 Å². The van der Waals surface area contributed by atoms with Crippen LogP contribution in [0, 0.1) is 0 Å². The Kier molecular flexibility index (Phi) is 5.02. The first-order valence-electron chi connectivity index (χ1n) is 4.27. The first-order valence-corrected chi connectivity index (χ1v) is 5.18. The van der Waals surface area contributed by atoms with E-state index < -0.39 is 0 Å². The van der Waals surface area contributed by atoms with Crippen molar-refractivity contribution in [2.24, 2.45) is 0 Å². The molecular weight excluding hydrogens is 219 g/mol. The Balaban J connectivity index is 2.35. The maximum Gasteiger partial charge on any atom is 0.0721 e. The third kappa shape index (κ3) is 4.14. The topological polar surface area (TPSA) is 9.23 Å². The minimum atomic E-state index is 0.440. The van der Waals surface area contributed by atoms with Crippen LogP contribution in [0.25, 0.3) is 0 Å². The van der Waals surface area contributed by atoms with Gasteiger partial charge >= 0.3 is 0 Å². The second-order valence-electron chi connectivity index (χ2n) is 3.01. The highest BCUT2D eigenvalue weighted by Gasteiger charge is 1.96. The van der Waals surface area contributed by atoms with Gasteiger partial charge in [-0.15, -0.1) is 11.6 Å². The largest absolute Gasteiger partial charge is 0.372 e. The number of benzene rings is 1. The van der Waals surface area contributed by atoms with Gasteiger partial charge in [-0.2, -0.15) is 0 Å². The van der Waals surface area contributed by atoms with Crippen LogP contribution in [0.1, 0.15) is 5.56 Å². The van der Waals surface area contributed by atoms with Crippen LogP contribution < -0.4 is 0 Å². The number of hydrogen-bond acceptors (Lipinski definition) is 1. The molecule has 0 fully saturated rings. The second kappa shape index (κ2) is 6.07. The van der Waals surface area contributed by atoms with E-state index in [9.17, 15) is 0 Å². The van der Waals surface area contributed by atoms with Gasteiger partial charge in [0.25, 0.3) is 0 Å². The predicted molar refractivity (Wildman–Crippen MR) is 61.0 cm³/mol. The van der Waals surface area contributed by atoms with E-state index in [-0.39, 0.29) is 0 Å². The first-order chi connectivity index (χ1) is 6.72. The maximum absolute atomic E-state index is 5.82. The molecule has 0 saturated heterocycles. The molecule has 1 aromatic rings. The lowest BCUT2D eigenvalue weighted by Gasteiger charge is -2.04. The van der Waals surface area contributed by atoms with Gasteiger partial charge in [0, 0.05) is 10.9 Å². The van der Waals surface area contributed by atoms with Gasteiger partial charge in [-0.25, -0.2) is 0 Å². The Morgan fingerprint density at radius 2 is 2.21 bits per heavy atom. The predicted octanol–water partition coefficient (Wildman–Crippen LogP) is 3.65. The molecule has 0 bridgehead atoms. The number of alkyl halides is 1. The van der Waals surface area contributed by atoms with Crippen molar-refractivity contribution in [3.05, 3.63) is 47.0 Å². The van der Waals surface area contributed by atoms with Crippen LogP contribution in [-0.2, 0) is 11.3 Å².